The van der Waals surface area contributed by atoms with Crippen molar-refractivity contribution in [1.29, 1.82) is 0 Å². The van der Waals surface area contributed by atoms with Gasteiger partial charge in [-0.05, 0) is 63.4 Å². The van der Waals surface area contributed by atoms with E-state index in [1.54, 1.807) is 0 Å². The summed E-state index contributed by atoms with van der Waals surface area (Å²) in [5, 5.41) is 11.3. The summed E-state index contributed by atoms with van der Waals surface area (Å²) in [5.41, 5.74) is 5.55. The van der Waals surface area contributed by atoms with Gasteiger partial charge in [0.2, 0.25) is 0 Å². The smallest absolute Gasteiger partial charge is 0.191 e. The summed E-state index contributed by atoms with van der Waals surface area (Å²) in [7, 11) is 7.95. The van der Waals surface area contributed by atoms with Gasteiger partial charge in [-0.2, -0.15) is 5.10 Å². The van der Waals surface area contributed by atoms with Crippen LogP contribution in [0.4, 0.5) is 0 Å². The largest absolute Gasteiger partial charge is 0.354 e. The molecule has 2 atom stereocenters. The van der Waals surface area contributed by atoms with E-state index in [4.69, 9.17) is 0 Å². The zero-order valence-electron chi connectivity index (χ0n) is 18.3. The Labute approximate surface area is 192 Å². The van der Waals surface area contributed by atoms with E-state index >= 15 is 0 Å². The van der Waals surface area contributed by atoms with Gasteiger partial charge in [0.25, 0.3) is 0 Å². The average molecular weight is 510 g/mol. The molecule has 0 spiro atoms. The van der Waals surface area contributed by atoms with Crippen molar-refractivity contribution in [1.82, 2.24) is 25.3 Å². The summed E-state index contributed by atoms with van der Waals surface area (Å²) < 4.78 is 1.84. The molecule has 0 saturated heterocycles. The number of benzene rings is 1. The number of hydrogen-bond acceptors (Lipinski definition) is 3. The van der Waals surface area contributed by atoms with Crippen LogP contribution in [0.2, 0.25) is 0 Å². The van der Waals surface area contributed by atoms with Gasteiger partial charge < -0.3 is 15.5 Å². The third kappa shape index (κ3) is 6.18. The van der Waals surface area contributed by atoms with Gasteiger partial charge in [0.1, 0.15) is 0 Å². The van der Waals surface area contributed by atoms with Crippen molar-refractivity contribution in [3.8, 4) is 0 Å². The molecule has 0 amide bonds. The molecule has 0 fully saturated rings. The first-order chi connectivity index (χ1) is 13.5. The fourth-order valence-electron chi connectivity index (χ4n) is 3.91. The van der Waals surface area contributed by atoms with Gasteiger partial charge >= 0.3 is 0 Å². The van der Waals surface area contributed by atoms with Gasteiger partial charge in [0, 0.05) is 32.4 Å². The standard InChI is InChI=1S/C22H34N6.HI/c1-16(18-11-10-17-8-6-7-9-19(17)12-18)26-22(23-2)24-14-21(27(3)4)20-13-25-28(5)15-20;/h10-13,15-16,21H,6-9,14H2,1-5H3,(H2,23,24,26);1H. The van der Waals surface area contributed by atoms with Gasteiger partial charge in [0.15, 0.2) is 5.96 Å². The van der Waals surface area contributed by atoms with Crippen molar-refractivity contribution in [2.75, 3.05) is 27.7 Å². The second kappa shape index (κ2) is 11.0. The van der Waals surface area contributed by atoms with Crippen molar-refractivity contribution >= 4 is 29.9 Å². The Balaban J connectivity index is 0.00000300. The third-order valence-corrected chi connectivity index (χ3v) is 5.65. The summed E-state index contributed by atoms with van der Waals surface area (Å²) in [6.07, 6.45) is 9.05. The highest BCUT2D eigenvalue weighted by atomic mass is 127. The molecule has 2 N–H and O–H groups in total. The SMILES string of the molecule is CN=C(NCC(c1cnn(C)c1)N(C)C)NC(C)c1ccc2c(c1)CCCC2.I. The molecule has 1 heterocycles. The van der Waals surface area contributed by atoms with Crippen LogP contribution in [0.1, 0.15) is 54.1 Å². The number of aryl methyl sites for hydroxylation is 3. The van der Waals surface area contributed by atoms with E-state index in [1.165, 1.54) is 47.9 Å². The summed E-state index contributed by atoms with van der Waals surface area (Å²) in [5.74, 6) is 0.820. The van der Waals surface area contributed by atoms with E-state index in [2.05, 4.69) is 71.0 Å². The Morgan fingerprint density at radius 2 is 1.93 bits per heavy atom. The average Bonchev–Trinajstić information content (AvgIpc) is 3.12. The van der Waals surface area contributed by atoms with Crippen LogP contribution in [-0.2, 0) is 19.9 Å². The number of aliphatic imine (C=N–C) groups is 1. The van der Waals surface area contributed by atoms with Crippen LogP contribution >= 0.6 is 24.0 Å². The summed E-state index contributed by atoms with van der Waals surface area (Å²) in [6.45, 7) is 2.96. The lowest BCUT2D eigenvalue weighted by molar-refractivity contribution is 0.298. The van der Waals surface area contributed by atoms with Crippen molar-refractivity contribution in [2.24, 2.45) is 12.0 Å². The van der Waals surface area contributed by atoms with Crippen LogP contribution in [0.15, 0.2) is 35.6 Å². The second-order valence-electron chi connectivity index (χ2n) is 7.98. The highest BCUT2D eigenvalue weighted by molar-refractivity contribution is 14.0. The van der Waals surface area contributed by atoms with E-state index in [0.717, 1.165) is 12.5 Å². The number of halogens is 1. The predicted octanol–water partition coefficient (Wildman–Crippen LogP) is 3.45. The summed E-state index contributed by atoms with van der Waals surface area (Å²) in [6, 6.07) is 7.37. The normalized spacial score (nSPS) is 16.0. The first-order valence-corrected chi connectivity index (χ1v) is 10.2. The van der Waals surface area contributed by atoms with Crippen molar-refractivity contribution in [3.63, 3.8) is 0 Å². The minimum Gasteiger partial charge on any atom is -0.354 e. The van der Waals surface area contributed by atoms with E-state index in [0.29, 0.717) is 0 Å². The number of nitrogens with zero attached hydrogens (tertiary/aromatic N) is 4. The number of fused-ring (bicyclic) bond motifs is 1. The van der Waals surface area contributed by atoms with Crippen LogP contribution in [0, 0.1) is 0 Å². The highest BCUT2D eigenvalue weighted by Gasteiger charge is 2.18. The van der Waals surface area contributed by atoms with E-state index in [1.807, 2.05) is 25.0 Å². The molecule has 1 aromatic heterocycles. The fraction of sp³-hybridized carbons (Fsp3) is 0.545. The number of rotatable bonds is 6. The number of guanidine groups is 1. The Morgan fingerprint density at radius 3 is 2.55 bits per heavy atom. The molecule has 7 heteroatoms. The lowest BCUT2D eigenvalue weighted by Gasteiger charge is -2.26. The van der Waals surface area contributed by atoms with Gasteiger partial charge in [-0.15, -0.1) is 24.0 Å². The Hall–Kier alpha value is -1.61. The van der Waals surface area contributed by atoms with Crippen molar-refractivity contribution in [3.05, 3.63) is 52.8 Å². The molecular formula is C22H35IN6. The molecule has 1 aliphatic rings. The zero-order valence-corrected chi connectivity index (χ0v) is 20.6. The van der Waals surface area contributed by atoms with Crippen LogP contribution in [0.3, 0.4) is 0 Å². The van der Waals surface area contributed by atoms with Crippen LogP contribution in [-0.4, -0.2) is 48.3 Å². The lowest BCUT2D eigenvalue weighted by Crippen LogP contribution is -2.42. The van der Waals surface area contributed by atoms with Gasteiger partial charge in [-0.1, -0.05) is 18.2 Å². The summed E-state index contributed by atoms with van der Waals surface area (Å²) in [4.78, 5) is 6.62. The molecule has 0 saturated carbocycles. The number of hydrogen-bond donors (Lipinski definition) is 2. The lowest BCUT2D eigenvalue weighted by atomic mass is 9.89. The molecule has 6 nitrogen and oxygen atoms in total. The predicted molar refractivity (Wildman–Crippen MR) is 131 cm³/mol. The van der Waals surface area contributed by atoms with Crippen LogP contribution in [0.25, 0.3) is 0 Å². The Kier molecular flexibility index (Phi) is 8.95. The van der Waals surface area contributed by atoms with Gasteiger partial charge in [0.05, 0.1) is 18.3 Å². The molecule has 0 bridgehead atoms. The molecule has 2 aromatic rings. The van der Waals surface area contributed by atoms with E-state index < -0.39 is 0 Å². The highest BCUT2D eigenvalue weighted by Crippen LogP contribution is 2.24. The summed E-state index contributed by atoms with van der Waals surface area (Å²) >= 11 is 0. The topological polar surface area (TPSA) is 57.5 Å². The van der Waals surface area contributed by atoms with E-state index in [-0.39, 0.29) is 36.1 Å². The molecular weight excluding hydrogens is 475 g/mol. The fourth-order valence-corrected chi connectivity index (χ4v) is 3.91. The number of likely N-dealkylation sites (N-methyl/N-ethyl adjacent to an activating group) is 1. The first kappa shape index (κ1) is 23.7. The Bertz CT molecular complexity index is 813. The molecule has 3 rings (SSSR count). The first-order valence-electron chi connectivity index (χ1n) is 10.2. The van der Waals surface area contributed by atoms with Crippen LogP contribution in [0.5, 0.6) is 0 Å². The number of aromatic nitrogens is 2. The molecule has 0 aliphatic heterocycles. The molecule has 160 valence electrons. The molecule has 0 radical (unpaired) electrons. The molecule has 1 aromatic carbocycles. The molecule has 29 heavy (non-hydrogen) atoms. The van der Waals surface area contributed by atoms with E-state index in [9.17, 15) is 0 Å². The maximum atomic E-state index is 4.43. The monoisotopic (exact) mass is 510 g/mol. The number of nitrogens with one attached hydrogen (secondary N) is 2. The van der Waals surface area contributed by atoms with Gasteiger partial charge in [-0.25, -0.2) is 0 Å². The maximum absolute atomic E-state index is 4.43. The third-order valence-electron chi connectivity index (χ3n) is 5.65. The molecule has 1 aliphatic carbocycles. The second-order valence-corrected chi connectivity index (χ2v) is 7.98. The quantitative estimate of drug-likeness (QED) is 0.355. The zero-order chi connectivity index (χ0) is 20.1. The van der Waals surface area contributed by atoms with Gasteiger partial charge in [-0.3, -0.25) is 9.67 Å². The molecule has 2 unspecified atom stereocenters. The minimum atomic E-state index is 0. The maximum Gasteiger partial charge on any atom is 0.191 e. The van der Waals surface area contributed by atoms with Crippen molar-refractivity contribution < 1.29 is 0 Å². The van der Waals surface area contributed by atoms with Crippen LogP contribution < -0.4 is 10.6 Å². The minimum absolute atomic E-state index is 0. The Morgan fingerprint density at radius 1 is 1.21 bits per heavy atom. The van der Waals surface area contributed by atoms with Crippen molar-refractivity contribution in [2.45, 2.75) is 44.7 Å².